The number of hydrogen-bond donors (Lipinski definition) is 1. The molecule has 2 heterocycles. The molecule has 4 heteroatoms. The fourth-order valence-corrected chi connectivity index (χ4v) is 4.10. The highest BCUT2D eigenvalue weighted by molar-refractivity contribution is 7.10. The molecule has 104 valence electrons. The summed E-state index contributed by atoms with van der Waals surface area (Å²) in [6, 6.07) is 2.56. The Bertz CT molecular complexity index is 534. The van der Waals surface area contributed by atoms with E-state index >= 15 is 0 Å². The van der Waals surface area contributed by atoms with Crippen molar-refractivity contribution in [1.82, 2.24) is 10.3 Å². The van der Waals surface area contributed by atoms with Crippen LogP contribution in [0.2, 0.25) is 0 Å². The lowest BCUT2D eigenvalue weighted by atomic mass is 9.93. The van der Waals surface area contributed by atoms with Gasteiger partial charge in [-0.3, -0.25) is 0 Å². The van der Waals surface area contributed by atoms with Crippen LogP contribution >= 0.6 is 22.7 Å². The van der Waals surface area contributed by atoms with Crippen molar-refractivity contribution in [2.75, 3.05) is 7.05 Å². The third-order valence-corrected chi connectivity index (χ3v) is 5.27. The highest BCUT2D eigenvalue weighted by Crippen LogP contribution is 2.29. The summed E-state index contributed by atoms with van der Waals surface area (Å²) >= 11 is 3.60. The first kappa shape index (κ1) is 14.7. The van der Waals surface area contributed by atoms with Gasteiger partial charge < -0.3 is 5.32 Å². The smallest absolute Gasteiger partial charge is 0.0947 e. The van der Waals surface area contributed by atoms with Gasteiger partial charge in [-0.2, -0.15) is 0 Å². The lowest BCUT2D eigenvalue weighted by Gasteiger charge is -2.16. The van der Waals surface area contributed by atoms with Gasteiger partial charge in [-0.25, -0.2) is 4.98 Å². The average Bonchev–Trinajstić information content (AvgIpc) is 2.94. The second-order valence-corrected chi connectivity index (χ2v) is 7.78. The van der Waals surface area contributed by atoms with E-state index in [1.807, 2.05) is 18.4 Å². The Morgan fingerprint density at radius 3 is 2.53 bits per heavy atom. The molecule has 2 aromatic heterocycles. The van der Waals surface area contributed by atoms with E-state index in [9.17, 15) is 0 Å². The number of nitrogens with one attached hydrogen (secondary N) is 1. The van der Waals surface area contributed by atoms with E-state index in [-0.39, 0.29) is 5.41 Å². The van der Waals surface area contributed by atoms with Crippen LogP contribution in [0.3, 0.4) is 0 Å². The number of aryl methyl sites for hydroxylation is 1. The van der Waals surface area contributed by atoms with Crippen LogP contribution in [0.5, 0.6) is 0 Å². The van der Waals surface area contributed by atoms with Crippen molar-refractivity contribution in [3.8, 4) is 0 Å². The Morgan fingerprint density at radius 2 is 2.05 bits per heavy atom. The molecule has 0 saturated heterocycles. The zero-order chi connectivity index (χ0) is 14.0. The zero-order valence-corrected chi connectivity index (χ0v) is 13.9. The monoisotopic (exact) mass is 294 g/mol. The Morgan fingerprint density at radius 1 is 1.32 bits per heavy atom. The van der Waals surface area contributed by atoms with Crippen molar-refractivity contribution < 1.29 is 0 Å². The average molecular weight is 294 g/mol. The quantitative estimate of drug-likeness (QED) is 0.908. The first-order chi connectivity index (χ1) is 8.91. The highest BCUT2D eigenvalue weighted by Gasteiger charge is 2.20. The second kappa shape index (κ2) is 5.73. The van der Waals surface area contributed by atoms with E-state index in [0.29, 0.717) is 6.04 Å². The third-order valence-electron chi connectivity index (χ3n) is 3.27. The molecule has 0 aromatic carbocycles. The zero-order valence-electron chi connectivity index (χ0n) is 12.3. The van der Waals surface area contributed by atoms with Gasteiger partial charge in [0.1, 0.15) is 0 Å². The van der Waals surface area contributed by atoms with Crippen molar-refractivity contribution >= 4 is 22.7 Å². The van der Waals surface area contributed by atoms with Crippen LogP contribution < -0.4 is 5.32 Å². The van der Waals surface area contributed by atoms with Gasteiger partial charge in [0.25, 0.3) is 0 Å². The summed E-state index contributed by atoms with van der Waals surface area (Å²) in [5.41, 5.74) is 2.71. The number of likely N-dealkylation sites (N-methyl/N-ethyl adjacent to an activating group) is 1. The van der Waals surface area contributed by atoms with Crippen LogP contribution in [0, 0.1) is 6.92 Å². The van der Waals surface area contributed by atoms with Gasteiger partial charge in [0, 0.05) is 28.1 Å². The van der Waals surface area contributed by atoms with Crippen LogP contribution in [-0.2, 0) is 11.8 Å². The van der Waals surface area contributed by atoms with Gasteiger partial charge in [0.2, 0.25) is 0 Å². The van der Waals surface area contributed by atoms with E-state index in [1.54, 1.807) is 11.3 Å². The van der Waals surface area contributed by atoms with Gasteiger partial charge in [-0.1, -0.05) is 20.8 Å². The Balaban J connectivity index is 2.16. The summed E-state index contributed by atoms with van der Waals surface area (Å²) in [6.07, 6.45) is 0.971. The molecule has 0 saturated carbocycles. The summed E-state index contributed by atoms with van der Waals surface area (Å²) in [7, 11) is 2.03. The lowest BCUT2D eigenvalue weighted by molar-refractivity contribution is 0.562. The van der Waals surface area contributed by atoms with Crippen molar-refractivity contribution in [3.05, 3.63) is 38.0 Å². The maximum Gasteiger partial charge on any atom is 0.0947 e. The summed E-state index contributed by atoms with van der Waals surface area (Å²) in [4.78, 5) is 6.22. The number of aromatic nitrogens is 1. The van der Waals surface area contributed by atoms with Crippen LogP contribution in [0.4, 0.5) is 0 Å². The number of thiophene rings is 1. The minimum Gasteiger partial charge on any atom is -0.312 e. The largest absolute Gasteiger partial charge is 0.312 e. The molecule has 0 aliphatic rings. The second-order valence-electron chi connectivity index (χ2n) is 5.89. The van der Waals surface area contributed by atoms with E-state index in [2.05, 4.69) is 49.8 Å². The molecule has 0 spiro atoms. The van der Waals surface area contributed by atoms with E-state index in [1.165, 1.54) is 21.1 Å². The summed E-state index contributed by atoms with van der Waals surface area (Å²) in [5.74, 6) is 0. The number of thiazole rings is 1. The van der Waals surface area contributed by atoms with Crippen molar-refractivity contribution in [2.24, 2.45) is 0 Å². The van der Waals surface area contributed by atoms with Gasteiger partial charge >= 0.3 is 0 Å². The third kappa shape index (κ3) is 3.44. The van der Waals surface area contributed by atoms with Gasteiger partial charge in [-0.05, 0) is 31.0 Å². The fourth-order valence-electron chi connectivity index (χ4n) is 1.99. The first-order valence-electron chi connectivity index (χ1n) is 6.58. The number of nitrogens with zero attached hydrogens (tertiary/aromatic N) is 1. The van der Waals surface area contributed by atoms with Gasteiger partial charge in [-0.15, -0.1) is 22.7 Å². The summed E-state index contributed by atoms with van der Waals surface area (Å²) < 4.78 is 0. The molecule has 0 bridgehead atoms. The molecule has 2 aromatic rings. The maximum atomic E-state index is 4.79. The number of rotatable bonds is 4. The van der Waals surface area contributed by atoms with Crippen molar-refractivity contribution in [1.29, 1.82) is 0 Å². The van der Waals surface area contributed by atoms with Crippen LogP contribution in [-0.4, -0.2) is 12.0 Å². The standard InChI is InChI=1S/C15H22N2S2/c1-10-6-7-18-14(10)11(16-5)8-13-17-12(9-19-13)15(2,3)4/h6-7,9,11,16H,8H2,1-5H3. The predicted octanol–water partition coefficient (Wildman–Crippen LogP) is 4.31. The topological polar surface area (TPSA) is 24.9 Å². The van der Waals surface area contributed by atoms with Gasteiger partial charge in [0.05, 0.1) is 10.7 Å². The molecular weight excluding hydrogens is 272 g/mol. The van der Waals surface area contributed by atoms with E-state index < -0.39 is 0 Å². The van der Waals surface area contributed by atoms with Crippen LogP contribution in [0.1, 0.15) is 48.0 Å². The maximum absolute atomic E-state index is 4.79. The molecular formula is C15H22N2S2. The fraction of sp³-hybridized carbons (Fsp3) is 0.533. The van der Waals surface area contributed by atoms with E-state index in [0.717, 1.165) is 6.42 Å². The predicted molar refractivity (Wildman–Crippen MR) is 85.4 cm³/mol. The molecule has 1 atom stereocenters. The van der Waals surface area contributed by atoms with Gasteiger partial charge in [0.15, 0.2) is 0 Å². The van der Waals surface area contributed by atoms with Crippen LogP contribution in [0.15, 0.2) is 16.8 Å². The molecule has 1 N–H and O–H groups in total. The summed E-state index contributed by atoms with van der Waals surface area (Å²) in [6.45, 7) is 8.82. The van der Waals surface area contributed by atoms with E-state index in [4.69, 9.17) is 4.98 Å². The minimum absolute atomic E-state index is 0.142. The molecule has 0 amide bonds. The molecule has 2 nitrogen and oxygen atoms in total. The molecule has 1 unspecified atom stereocenters. The lowest BCUT2D eigenvalue weighted by Crippen LogP contribution is -2.19. The molecule has 0 aliphatic heterocycles. The molecule has 0 radical (unpaired) electrons. The Labute approximate surface area is 123 Å². The molecule has 2 rings (SSSR count). The normalized spacial score (nSPS) is 13.7. The highest BCUT2D eigenvalue weighted by atomic mass is 32.1. The molecule has 19 heavy (non-hydrogen) atoms. The van der Waals surface area contributed by atoms with Crippen molar-refractivity contribution in [3.63, 3.8) is 0 Å². The molecule has 0 aliphatic carbocycles. The number of hydrogen-bond acceptors (Lipinski definition) is 4. The molecule has 0 fully saturated rings. The first-order valence-corrected chi connectivity index (χ1v) is 8.34. The van der Waals surface area contributed by atoms with Crippen LogP contribution in [0.25, 0.3) is 0 Å². The minimum atomic E-state index is 0.142. The Hall–Kier alpha value is -0.710. The Kier molecular flexibility index (Phi) is 4.43. The SMILES string of the molecule is CNC(Cc1nc(C(C)(C)C)cs1)c1sccc1C. The summed E-state index contributed by atoms with van der Waals surface area (Å²) in [5, 5.41) is 9.00. The van der Waals surface area contributed by atoms with Crippen molar-refractivity contribution in [2.45, 2.75) is 45.6 Å².